The van der Waals surface area contributed by atoms with Crippen molar-refractivity contribution in [1.29, 1.82) is 0 Å². The molecule has 1 radical (unpaired) electrons. The molecule has 1 aliphatic rings. The molecule has 0 spiro atoms. The lowest BCUT2D eigenvalue weighted by atomic mass is 9.97. The van der Waals surface area contributed by atoms with Crippen molar-refractivity contribution in [2.24, 2.45) is 0 Å². The summed E-state index contributed by atoms with van der Waals surface area (Å²) in [6, 6.07) is 6.12. The second-order valence-corrected chi connectivity index (χ2v) is 3.91. The Balaban J connectivity index is 2.28. The van der Waals surface area contributed by atoms with Gasteiger partial charge in [-0.2, -0.15) is 0 Å². The second-order valence-electron chi connectivity index (χ2n) is 3.91. The molecule has 0 saturated heterocycles. The third-order valence-corrected chi connectivity index (χ3v) is 2.97. The molecular formula is C13H17O2. The maximum Gasteiger partial charge on any atom is 0.122 e. The molecule has 0 heterocycles. The molecule has 1 aromatic rings. The minimum absolute atomic E-state index is 0.878. The number of hydrogen-bond acceptors (Lipinski definition) is 2. The molecule has 1 fully saturated rings. The quantitative estimate of drug-likeness (QED) is 0.754. The smallest absolute Gasteiger partial charge is 0.122 e. The fourth-order valence-electron chi connectivity index (χ4n) is 2.10. The van der Waals surface area contributed by atoms with Crippen LogP contribution in [0, 0.1) is 5.92 Å². The molecule has 81 valence electrons. The van der Waals surface area contributed by atoms with Crippen molar-refractivity contribution in [1.82, 2.24) is 0 Å². The second kappa shape index (κ2) is 4.56. The molecular weight excluding hydrogens is 188 g/mol. The first-order valence-corrected chi connectivity index (χ1v) is 5.41. The van der Waals surface area contributed by atoms with Crippen molar-refractivity contribution in [3.05, 3.63) is 29.7 Å². The zero-order valence-electron chi connectivity index (χ0n) is 9.38. The molecule has 0 amide bonds. The minimum atomic E-state index is 0.878. The highest BCUT2D eigenvalue weighted by molar-refractivity contribution is 5.44. The Morgan fingerprint density at radius 3 is 1.87 bits per heavy atom. The van der Waals surface area contributed by atoms with Gasteiger partial charge in [-0.05, 0) is 30.5 Å². The summed E-state index contributed by atoms with van der Waals surface area (Å²) in [5.41, 5.74) is 1.28. The van der Waals surface area contributed by atoms with Gasteiger partial charge in [-0.3, -0.25) is 0 Å². The van der Waals surface area contributed by atoms with Crippen molar-refractivity contribution in [3.8, 4) is 11.5 Å². The molecule has 2 nitrogen and oxygen atoms in total. The van der Waals surface area contributed by atoms with E-state index in [0.717, 1.165) is 11.5 Å². The number of methoxy groups -OCH3 is 2. The van der Waals surface area contributed by atoms with Gasteiger partial charge in [0.25, 0.3) is 0 Å². The average Bonchev–Trinajstić information content (AvgIpc) is 2.81. The largest absolute Gasteiger partial charge is 0.497 e. The molecule has 0 aromatic heterocycles. The fraction of sp³-hybridized carbons (Fsp3) is 0.462. The van der Waals surface area contributed by atoms with Crippen molar-refractivity contribution < 1.29 is 9.47 Å². The summed E-state index contributed by atoms with van der Waals surface area (Å²) in [6.45, 7) is 0. The fourth-order valence-corrected chi connectivity index (χ4v) is 2.10. The summed E-state index contributed by atoms with van der Waals surface area (Å²) in [6.07, 6.45) is 5.07. The van der Waals surface area contributed by atoms with E-state index >= 15 is 0 Å². The van der Waals surface area contributed by atoms with E-state index in [1.165, 1.54) is 37.2 Å². The van der Waals surface area contributed by atoms with Crippen molar-refractivity contribution in [2.45, 2.75) is 25.7 Å². The highest BCUT2D eigenvalue weighted by atomic mass is 16.5. The Hall–Kier alpha value is -1.18. The molecule has 0 aliphatic heterocycles. The van der Waals surface area contributed by atoms with Crippen LogP contribution >= 0.6 is 0 Å². The zero-order valence-corrected chi connectivity index (χ0v) is 9.38. The van der Waals surface area contributed by atoms with Crippen LogP contribution in [0.25, 0.3) is 0 Å². The van der Waals surface area contributed by atoms with E-state index in [1.54, 1.807) is 14.2 Å². The monoisotopic (exact) mass is 205 g/mol. The van der Waals surface area contributed by atoms with Gasteiger partial charge >= 0.3 is 0 Å². The van der Waals surface area contributed by atoms with Crippen molar-refractivity contribution in [3.63, 3.8) is 0 Å². The van der Waals surface area contributed by atoms with Crippen LogP contribution in [-0.2, 0) is 0 Å². The van der Waals surface area contributed by atoms with Crippen molar-refractivity contribution in [2.75, 3.05) is 14.2 Å². The van der Waals surface area contributed by atoms with E-state index in [2.05, 4.69) is 12.1 Å². The summed E-state index contributed by atoms with van der Waals surface area (Å²) < 4.78 is 10.5. The van der Waals surface area contributed by atoms with Gasteiger partial charge < -0.3 is 9.47 Å². The van der Waals surface area contributed by atoms with Crippen LogP contribution in [0.3, 0.4) is 0 Å². The van der Waals surface area contributed by atoms with Crippen LogP contribution in [-0.4, -0.2) is 14.2 Å². The third kappa shape index (κ3) is 2.25. The normalized spacial score (nSPS) is 16.7. The summed E-state index contributed by atoms with van der Waals surface area (Å²) in [5.74, 6) is 3.29. The standard InChI is InChI=1S/C13H17O2/c1-14-12-7-11(8-13(9-12)15-2)10-5-3-4-6-10/h7-9H,3-6H2,1-2H3. The molecule has 2 heteroatoms. The summed E-state index contributed by atoms with van der Waals surface area (Å²) in [5, 5.41) is 0. The Bertz CT molecular complexity index is 305. The molecule has 0 N–H and O–H groups in total. The average molecular weight is 205 g/mol. The van der Waals surface area contributed by atoms with Crippen molar-refractivity contribution >= 4 is 0 Å². The van der Waals surface area contributed by atoms with Crippen LogP contribution in [0.2, 0.25) is 0 Å². The molecule has 15 heavy (non-hydrogen) atoms. The number of ether oxygens (including phenoxy) is 2. The Labute approximate surface area is 91.2 Å². The van der Waals surface area contributed by atoms with E-state index in [-0.39, 0.29) is 0 Å². The zero-order chi connectivity index (χ0) is 10.7. The highest BCUT2D eigenvalue weighted by Gasteiger charge is 2.19. The molecule has 0 unspecified atom stereocenters. The topological polar surface area (TPSA) is 18.5 Å². The summed E-state index contributed by atoms with van der Waals surface area (Å²) >= 11 is 0. The van der Waals surface area contributed by atoms with Gasteiger partial charge in [0, 0.05) is 12.0 Å². The molecule has 1 aliphatic carbocycles. The first kappa shape index (κ1) is 10.3. The van der Waals surface area contributed by atoms with Crippen LogP contribution in [0.1, 0.15) is 31.2 Å². The van der Waals surface area contributed by atoms with Gasteiger partial charge in [0.05, 0.1) is 14.2 Å². The lowest BCUT2D eigenvalue weighted by Gasteiger charge is -2.12. The van der Waals surface area contributed by atoms with Crippen LogP contribution in [0.5, 0.6) is 11.5 Å². The third-order valence-electron chi connectivity index (χ3n) is 2.97. The molecule has 0 atom stereocenters. The SMILES string of the molecule is COc1cc(OC)cc([C]2CCCC2)c1. The Kier molecular flexibility index (Phi) is 3.14. The molecule has 2 rings (SSSR count). The number of hydrogen-bond donors (Lipinski definition) is 0. The van der Waals surface area contributed by atoms with Gasteiger partial charge in [-0.1, -0.05) is 12.8 Å². The van der Waals surface area contributed by atoms with E-state index < -0.39 is 0 Å². The predicted molar refractivity (Wildman–Crippen MR) is 60.4 cm³/mol. The molecule has 1 aromatic carbocycles. The van der Waals surface area contributed by atoms with Gasteiger partial charge in [-0.25, -0.2) is 0 Å². The summed E-state index contributed by atoms with van der Waals surface area (Å²) in [7, 11) is 3.38. The Morgan fingerprint density at radius 2 is 1.40 bits per heavy atom. The van der Waals surface area contributed by atoms with E-state index in [4.69, 9.17) is 9.47 Å². The lowest BCUT2D eigenvalue weighted by molar-refractivity contribution is 0.393. The van der Waals surface area contributed by atoms with Gasteiger partial charge in [0.1, 0.15) is 11.5 Å². The highest BCUT2D eigenvalue weighted by Crippen LogP contribution is 2.36. The maximum atomic E-state index is 5.26. The first-order chi connectivity index (χ1) is 7.33. The molecule has 1 saturated carbocycles. The maximum absolute atomic E-state index is 5.26. The van der Waals surface area contributed by atoms with E-state index in [9.17, 15) is 0 Å². The van der Waals surface area contributed by atoms with Gasteiger partial charge in [0.2, 0.25) is 0 Å². The summed E-state index contributed by atoms with van der Waals surface area (Å²) in [4.78, 5) is 0. The van der Waals surface area contributed by atoms with E-state index in [1.807, 2.05) is 6.07 Å². The predicted octanol–water partition coefficient (Wildman–Crippen LogP) is 3.20. The van der Waals surface area contributed by atoms with Crippen LogP contribution < -0.4 is 9.47 Å². The number of rotatable bonds is 3. The van der Waals surface area contributed by atoms with Gasteiger partial charge in [-0.15, -0.1) is 0 Å². The first-order valence-electron chi connectivity index (χ1n) is 5.41. The Morgan fingerprint density at radius 1 is 0.867 bits per heavy atom. The number of benzene rings is 1. The minimum Gasteiger partial charge on any atom is -0.497 e. The van der Waals surface area contributed by atoms with Crippen LogP contribution in [0.4, 0.5) is 0 Å². The molecule has 0 bridgehead atoms. The van der Waals surface area contributed by atoms with E-state index in [0.29, 0.717) is 0 Å². The van der Waals surface area contributed by atoms with Crippen LogP contribution in [0.15, 0.2) is 18.2 Å². The van der Waals surface area contributed by atoms with Gasteiger partial charge in [0.15, 0.2) is 0 Å². The lowest BCUT2D eigenvalue weighted by Crippen LogP contribution is -1.96.